The average Bonchev–Trinajstić information content (AvgIpc) is 2.98. The summed E-state index contributed by atoms with van der Waals surface area (Å²) in [5.41, 5.74) is -0.00493. The Morgan fingerprint density at radius 3 is 2.84 bits per heavy atom. The van der Waals surface area contributed by atoms with Crippen LogP contribution in [-0.2, 0) is 10.0 Å². The molecule has 1 fully saturated rings. The first-order valence-corrected chi connectivity index (χ1v) is 8.20. The average molecular weight is 305 g/mol. The van der Waals surface area contributed by atoms with E-state index >= 15 is 0 Å². The largest absolute Gasteiger partial charge is 0.478 e. The Balaban J connectivity index is 2.16. The summed E-state index contributed by atoms with van der Waals surface area (Å²) in [6, 6.07) is 1.20. The fourth-order valence-corrected chi connectivity index (χ4v) is 4.96. The molecular formula is C11H15NO5S2. The molecule has 1 aliphatic rings. The summed E-state index contributed by atoms with van der Waals surface area (Å²) in [6.45, 7) is 0.872. The lowest BCUT2D eigenvalue weighted by Crippen LogP contribution is -2.28. The van der Waals surface area contributed by atoms with Gasteiger partial charge in [-0.25, -0.2) is 13.2 Å². The summed E-state index contributed by atoms with van der Waals surface area (Å²) < 4.78 is 26.0. The molecule has 8 heteroatoms. The van der Waals surface area contributed by atoms with Crippen molar-refractivity contribution in [2.75, 3.05) is 19.7 Å². The molecule has 106 valence electrons. The van der Waals surface area contributed by atoms with Gasteiger partial charge in [0.1, 0.15) is 4.21 Å². The van der Waals surface area contributed by atoms with Gasteiger partial charge >= 0.3 is 5.97 Å². The maximum atomic E-state index is 12.3. The van der Waals surface area contributed by atoms with E-state index in [2.05, 4.69) is 0 Å². The van der Waals surface area contributed by atoms with Crippen LogP contribution in [0.4, 0.5) is 0 Å². The summed E-state index contributed by atoms with van der Waals surface area (Å²) >= 11 is 0.926. The summed E-state index contributed by atoms with van der Waals surface area (Å²) in [7, 11) is -3.60. The number of aliphatic hydroxyl groups excluding tert-OH is 1. The lowest BCUT2D eigenvalue weighted by atomic mass is 10.1. The van der Waals surface area contributed by atoms with Crippen LogP contribution >= 0.6 is 11.3 Å². The van der Waals surface area contributed by atoms with Gasteiger partial charge in [0.05, 0.1) is 5.56 Å². The van der Waals surface area contributed by atoms with E-state index in [9.17, 15) is 13.2 Å². The van der Waals surface area contributed by atoms with Gasteiger partial charge in [-0.15, -0.1) is 11.3 Å². The minimum atomic E-state index is -3.60. The van der Waals surface area contributed by atoms with Crippen LogP contribution in [0.15, 0.2) is 15.7 Å². The van der Waals surface area contributed by atoms with Gasteiger partial charge in [-0.1, -0.05) is 0 Å². The number of hydrogen-bond acceptors (Lipinski definition) is 5. The highest BCUT2D eigenvalue weighted by Gasteiger charge is 2.33. The Bertz CT molecular complexity index is 565. The second kappa shape index (κ2) is 5.58. The summed E-state index contributed by atoms with van der Waals surface area (Å²) in [5, 5.41) is 19.0. The zero-order valence-electron chi connectivity index (χ0n) is 10.2. The molecule has 6 nitrogen and oxygen atoms in total. The number of sulfonamides is 1. The van der Waals surface area contributed by atoms with E-state index in [1.165, 1.54) is 15.8 Å². The molecule has 0 radical (unpaired) electrons. The first-order valence-electron chi connectivity index (χ1n) is 5.88. The molecule has 1 atom stereocenters. The summed E-state index contributed by atoms with van der Waals surface area (Å²) in [5.74, 6) is -0.948. The first-order chi connectivity index (χ1) is 8.95. The van der Waals surface area contributed by atoms with E-state index in [0.29, 0.717) is 19.5 Å². The predicted molar refractivity (Wildman–Crippen MR) is 69.8 cm³/mol. The van der Waals surface area contributed by atoms with Crippen LogP contribution in [0, 0.1) is 5.92 Å². The van der Waals surface area contributed by atoms with E-state index < -0.39 is 16.0 Å². The van der Waals surface area contributed by atoms with Gasteiger partial charge in [-0.3, -0.25) is 0 Å². The van der Waals surface area contributed by atoms with Crippen molar-refractivity contribution >= 4 is 27.3 Å². The molecule has 1 aromatic heterocycles. The Hall–Kier alpha value is -0.960. The molecule has 19 heavy (non-hydrogen) atoms. The number of carboxylic acid groups (broad SMARTS) is 1. The zero-order chi connectivity index (χ0) is 14.0. The smallest absolute Gasteiger partial charge is 0.336 e. The van der Waals surface area contributed by atoms with Crippen LogP contribution < -0.4 is 0 Å². The monoisotopic (exact) mass is 305 g/mol. The molecule has 1 unspecified atom stereocenters. The second-order valence-electron chi connectivity index (χ2n) is 4.49. The molecular weight excluding hydrogens is 290 g/mol. The third-order valence-electron chi connectivity index (χ3n) is 3.20. The SMILES string of the molecule is O=C(O)c1csc(S(=O)(=O)N2CCC(CCO)C2)c1. The highest BCUT2D eigenvalue weighted by molar-refractivity contribution is 7.91. The Kier molecular flexibility index (Phi) is 4.24. The number of aromatic carboxylic acids is 1. The van der Waals surface area contributed by atoms with Gasteiger partial charge in [-0.05, 0) is 24.8 Å². The van der Waals surface area contributed by atoms with Gasteiger partial charge < -0.3 is 10.2 Å². The van der Waals surface area contributed by atoms with Gasteiger partial charge in [-0.2, -0.15) is 4.31 Å². The minimum absolute atomic E-state index is 0.00493. The third kappa shape index (κ3) is 2.97. The number of aliphatic hydroxyl groups is 1. The molecule has 1 saturated heterocycles. The van der Waals surface area contributed by atoms with Crippen molar-refractivity contribution in [2.45, 2.75) is 17.1 Å². The molecule has 0 amide bonds. The number of hydrogen-bond donors (Lipinski definition) is 2. The number of thiophene rings is 1. The normalized spacial score (nSPS) is 20.8. The number of nitrogens with zero attached hydrogens (tertiary/aromatic N) is 1. The lowest BCUT2D eigenvalue weighted by Gasteiger charge is -2.14. The Labute approximate surface area is 115 Å². The fraction of sp³-hybridized carbons (Fsp3) is 0.545. The first kappa shape index (κ1) is 14.4. The van der Waals surface area contributed by atoms with Crippen molar-refractivity contribution in [3.8, 4) is 0 Å². The highest BCUT2D eigenvalue weighted by Crippen LogP contribution is 2.29. The van der Waals surface area contributed by atoms with E-state index in [0.717, 1.165) is 17.8 Å². The molecule has 1 aliphatic heterocycles. The molecule has 2 N–H and O–H groups in total. The van der Waals surface area contributed by atoms with Crippen molar-refractivity contribution in [3.63, 3.8) is 0 Å². The topological polar surface area (TPSA) is 94.9 Å². The van der Waals surface area contributed by atoms with Crippen molar-refractivity contribution < 1.29 is 23.4 Å². The van der Waals surface area contributed by atoms with Crippen LogP contribution in [0.2, 0.25) is 0 Å². The van der Waals surface area contributed by atoms with Gasteiger partial charge in [0, 0.05) is 25.1 Å². The van der Waals surface area contributed by atoms with E-state index in [1.807, 2.05) is 0 Å². The number of carboxylic acids is 1. The van der Waals surface area contributed by atoms with Crippen LogP contribution in [0.5, 0.6) is 0 Å². The van der Waals surface area contributed by atoms with Gasteiger partial charge in [0.25, 0.3) is 10.0 Å². The predicted octanol–water partition coefficient (Wildman–Crippen LogP) is 0.839. The molecule has 1 aromatic rings. The van der Waals surface area contributed by atoms with Crippen molar-refractivity contribution in [1.82, 2.24) is 4.31 Å². The second-order valence-corrected chi connectivity index (χ2v) is 7.57. The third-order valence-corrected chi connectivity index (χ3v) is 6.48. The Morgan fingerprint density at radius 1 is 1.53 bits per heavy atom. The van der Waals surface area contributed by atoms with Crippen LogP contribution in [0.3, 0.4) is 0 Å². The molecule has 2 rings (SSSR count). The number of rotatable bonds is 5. The molecule has 0 aliphatic carbocycles. The quantitative estimate of drug-likeness (QED) is 0.840. The zero-order valence-corrected chi connectivity index (χ0v) is 11.8. The maximum Gasteiger partial charge on any atom is 0.336 e. The molecule has 0 bridgehead atoms. The van der Waals surface area contributed by atoms with Gasteiger partial charge in [0.15, 0.2) is 0 Å². The molecule has 0 spiro atoms. The van der Waals surface area contributed by atoms with E-state index in [-0.39, 0.29) is 22.3 Å². The highest BCUT2D eigenvalue weighted by atomic mass is 32.2. The van der Waals surface area contributed by atoms with Crippen molar-refractivity contribution in [2.24, 2.45) is 5.92 Å². The fourth-order valence-electron chi connectivity index (χ4n) is 2.12. The maximum absolute atomic E-state index is 12.3. The lowest BCUT2D eigenvalue weighted by molar-refractivity contribution is 0.0697. The van der Waals surface area contributed by atoms with Crippen LogP contribution in [-0.4, -0.2) is 48.6 Å². The number of carbonyl (C=O) groups is 1. The summed E-state index contributed by atoms with van der Waals surface area (Å²) in [6.07, 6.45) is 1.33. The molecule has 0 aromatic carbocycles. The van der Waals surface area contributed by atoms with Gasteiger partial charge in [0.2, 0.25) is 0 Å². The molecule has 0 saturated carbocycles. The van der Waals surface area contributed by atoms with E-state index in [1.54, 1.807) is 0 Å². The van der Waals surface area contributed by atoms with Crippen LogP contribution in [0.1, 0.15) is 23.2 Å². The van der Waals surface area contributed by atoms with E-state index in [4.69, 9.17) is 10.2 Å². The standard InChI is InChI=1S/C11H15NO5S2/c13-4-2-8-1-3-12(6-8)19(16,17)10-5-9(7-18-10)11(14)15/h5,7-8,13H,1-4,6H2,(H,14,15). The summed E-state index contributed by atoms with van der Waals surface area (Å²) in [4.78, 5) is 10.8. The van der Waals surface area contributed by atoms with Crippen molar-refractivity contribution in [1.29, 1.82) is 0 Å². The minimum Gasteiger partial charge on any atom is -0.478 e. The van der Waals surface area contributed by atoms with Crippen LogP contribution in [0.25, 0.3) is 0 Å². The molecule has 2 heterocycles. The Morgan fingerprint density at radius 2 is 2.26 bits per heavy atom. The van der Waals surface area contributed by atoms with Crippen molar-refractivity contribution in [3.05, 3.63) is 17.0 Å².